The number of ether oxygens (including phenoxy) is 1. The van der Waals surface area contributed by atoms with E-state index in [9.17, 15) is 0 Å². The Balaban J connectivity index is 2.80. The largest absolute Gasteiger partial charge is 0.493 e. The highest BCUT2D eigenvalue weighted by molar-refractivity contribution is 5.41. The summed E-state index contributed by atoms with van der Waals surface area (Å²) in [7, 11) is 0. The first-order valence-corrected chi connectivity index (χ1v) is 6.23. The van der Waals surface area contributed by atoms with E-state index in [1.54, 1.807) is 0 Å². The van der Waals surface area contributed by atoms with E-state index in [0.717, 1.165) is 5.75 Å². The molecule has 98 valence electrons. The van der Waals surface area contributed by atoms with E-state index < -0.39 is 6.04 Å². The van der Waals surface area contributed by atoms with Crippen LogP contribution in [0.4, 0.5) is 0 Å². The molecule has 3 heteroatoms. The Morgan fingerprint density at radius 1 is 1.39 bits per heavy atom. The van der Waals surface area contributed by atoms with E-state index >= 15 is 0 Å². The molecule has 1 atom stereocenters. The Morgan fingerprint density at radius 2 is 2.06 bits per heavy atom. The number of aryl methyl sites for hydroxylation is 1. The van der Waals surface area contributed by atoms with Crippen LogP contribution in [0.3, 0.4) is 0 Å². The fourth-order valence-electron chi connectivity index (χ4n) is 1.72. The molecule has 1 rings (SSSR count). The molecule has 0 heterocycles. The van der Waals surface area contributed by atoms with Crippen molar-refractivity contribution >= 4 is 0 Å². The summed E-state index contributed by atoms with van der Waals surface area (Å²) in [5, 5.41) is 8.62. The van der Waals surface area contributed by atoms with Gasteiger partial charge in [-0.05, 0) is 24.0 Å². The van der Waals surface area contributed by atoms with Gasteiger partial charge in [0, 0.05) is 6.42 Å². The quantitative estimate of drug-likeness (QED) is 0.888. The molecule has 18 heavy (non-hydrogen) atoms. The number of hydrogen-bond acceptors (Lipinski definition) is 3. The zero-order valence-electron chi connectivity index (χ0n) is 11.7. The van der Waals surface area contributed by atoms with Crippen LogP contribution < -0.4 is 10.5 Å². The Kier molecular flexibility index (Phi) is 4.75. The second-order valence-electron chi connectivity index (χ2n) is 5.62. The molecular weight excluding hydrogens is 224 g/mol. The number of nitriles is 1. The Bertz CT molecular complexity index is 441. The van der Waals surface area contributed by atoms with Crippen molar-refractivity contribution in [2.75, 3.05) is 6.61 Å². The van der Waals surface area contributed by atoms with E-state index in [1.807, 2.05) is 18.2 Å². The van der Waals surface area contributed by atoms with Crippen molar-refractivity contribution in [2.24, 2.45) is 5.73 Å². The predicted octanol–water partition coefficient (Wildman–Crippen LogP) is 2.91. The van der Waals surface area contributed by atoms with Crippen molar-refractivity contribution in [3.05, 3.63) is 29.3 Å². The zero-order valence-corrected chi connectivity index (χ0v) is 11.7. The number of hydrogen-bond donors (Lipinski definition) is 1. The van der Waals surface area contributed by atoms with Crippen LogP contribution in [0, 0.1) is 18.3 Å². The summed E-state index contributed by atoms with van der Waals surface area (Å²) in [5.74, 6) is 0.887. The summed E-state index contributed by atoms with van der Waals surface area (Å²) in [6.07, 6.45) is 0.550. The average molecular weight is 246 g/mol. The third-order valence-corrected chi connectivity index (χ3v) is 2.80. The molecule has 0 saturated heterocycles. The molecule has 0 bridgehead atoms. The van der Waals surface area contributed by atoms with Gasteiger partial charge >= 0.3 is 0 Å². The molecule has 0 spiro atoms. The summed E-state index contributed by atoms with van der Waals surface area (Å²) >= 11 is 0. The molecule has 1 aromatic carbocycles. The molecule has 3 nitrogen and oxygen atoms in total. The van der Waals surface area contributed by atoms with Gasteiger partial charge in [-0.15, -0.1) is 0 Å². The van der Waals surface area contributed by atoms with Crippen molar-refractivity contribution < 1.29 is 4.74 Å². The van der Waals surface area contributed by atoms with Crippen molar-refractivity contribution in [2.45, 2.75) is 45.6 Å². The van der Waals surface area contributed by atoms with Gasteiger partial charge in [-0.2, -0.15) is 5.26 Å². The standard InChI is InChI=1S/C15H22N2O/c1-11-5-6-14(13(9-11)15(2,3)4)18-8-7-12(17)10-16/h5-6,9,12H,7-8,17H2,1-4H3. The van der Waals surface area contributed by atoms with Gasteiger partial charge in [0.05, 0.1) is 18.7 Å². The zero-order chi connectivity index (χ0) is 13.8. The molecule has 1 aromatic rings. The molecule has 1 unspecified atom stereocenters. The highest BCUT2D eigenvalue weighted by Crippen LogP contribution is 2.32. The third-order valence-electron chi connectivity index (χ3n) is 2.80. The van der Waals surface area contributed by atoms with Gasteiger partial charge in [0.2, 0.25) is 0 Å². The maximum absolute atomic E-state index is 8.62. The minimum atomic E-state index is -0.450. The van der Waals surface area contributed by atoms with Crippen LogP contribution in [0.15, 0.2) is 18.2 Å². The smallest absolute Gasteiger partial charge is 0.123 e. The van der Waals surface area contributed by atoms with Crippen LogP contribution in [-0.4, -0.2) is 12.6 Å². The molecule has 0 fully saturated rings. The van der Waals surface area contributed by atoms with Crippen molar-refractivity contribution in [3.63, 3.8) is 0 Å². The number of benzene rings is 1. The minimum absolute atomic E-state index is 0.0404. The molecule has 0 amide bonds. The summed E-state index contributed by atoms with van der Waals surface area (Å²) in [5.41, 5.74) is 8.00. The fourth-order valence-corrected chi connectivity index (χ4v) is 1.72. The van der Waals surface area contributed by atoms with Crippen LogP contribution in [0.25, 0.3) is 0 Å². The van der Waals surface area contributed by atoms with Gasteiger partial charge in [0.15, 0.2) is 0 Å². The molecule has 2 N–H and O–H groups in total. The number of nitrogens with zero attached hydrogens (tertiary/aromatic N) is 1. The van der Waals surface area contributed by atoms with Gasteiger partial charge in [0.1, 0.15) is 5.75 Å². The maximum Gasteiger partial charge on any atom is 0.123 e. The lowest BCUT2D eigenvalue weighted by molar-refractivity contribution is 0.298. The lowest BCUT2D eigenvalue weighted by atomic mass is 9.85. The molecule has 0 aliphatic heterocycles. The summed E-state index contributed by atoms with van der Waals surface area (Å²) in [6.45, 7) is 9.03. The van der Waals surface area contributed by atoms with Crippen molar-refractivity contribution in [3.8, 4) is 11.8 Å². The van der Waals surface area contributed by atoms with Crippen LogP contribution >= 0.6 is 0 Å². The monoisotopic (exact) mass is 246 g/mol. The summed E-state index contributed by atoms with van der Waals surface area (Å²) in [4.78, 5) is 0. The van der Waals surface area contributed by atoms with E-state index in [0.29, 0.717) is 13.0 Å². The summed E-state index contributed by atoms with van der Waals surface area (Å²) < 4.78 is 5.76. The Morgan fingerprint density at radius 3 is 2.61 bits per heavy atom. The number of nitrogens with two attached hydrogens (primary N) is 1. The van der Waals surface area contributed by atoms with E-state index in [2.05, 4.69) is 33.8 Å². The molecule has 0 radical (unpaired) electrons. The fraction of sp³-hybridized carbons (Fsp3) is 0.533. The predicted molar refractivity (Wildman–Crippen MR) is 73.6 cm³/mol. The molecule has 0 aliphatic rings. The van der Waals surface area contributed by atoms with E-state index in [4.69, 9.17) is 15.7 Å². The first kappa shape index (κ1) is 14.5. The lowest BCUT2D eigenvalue weighted by Gasteiger charge is -2.23. The third kappa shape index (κ3) is 4.05. The second-order valence-corrected chi connectivity index (χ2v) is 5.62. The normalized spacial score (nSPS) is 12.9. The summed E-state index contributed by atoms with van der Waals surface area (Å²) in [6, 6.07) is 7.74. The van der Waals surface area contributed by atoms with Gasteiger partial charge in [-0.1, -0.05) is 38.5 Å². The molecular formula is C15H22N2O. The first-order chi connectivity index (χ1) is 8.34. The van der Waals surface area contributed by atoms with Crippen LogP contribution in [0.5, 0.6) is 5.75 Å². The van der Waals surface area contributed by atoms with Gasteiger partial charge in [-0.3, -0.25) is 0 Å². The van der Waals surface area contributed by atoms with Crippen molar-refractivity contribution in [1.29, 1.82) is 5.26 Å². The first-order valence-electron chi connectivity index (χ1n) is 6.23. The number of rotatable bonds is 4. The van der Waals surface area contributed by atoms with Crippen molar-refractivity contribution in [1.82, 2.24) is 0 Å². The topological polar surface area (TPSA) is 59.0 Å². The Labute approximate surface area is 110 Å². The van der Waals surface area contributed by atoms with Gasteiger partial charge in [0.25, 0.3) is 0 Å². The average Bonchev–Trinajstić information content (AvgIpc) is 2.29. The molecule has 0 saturated carbocycles. The second kappa shape index (κ2) is 5.88. The van der Waals surface area contributed by atoms with Crippen LogP contribution in [-0.2, 0) is 5.41 Å². The molecule has 0 aliphatic carbocycles. The highest BCUT2D eigenvalue weighted by atomic mass is 16.5. The van der Waals surface area contributed by atoms with Crippen LogP contribution in [0.2, 0.25) is 0 Å². The minimum Gasteiger partial charge on any atom is -0.493 e. The van der Waals surface area contributed by atoms with E-state index in [1.165, 1.54) is 11.1 Å². The molecule has 0 aromatic heterocycles. The van der Waals surface area contributed by atoms with Gasteiger partial charge < -0.3 is 10.5 Å². The SMILES string of the molecule is Cc1ccc(OCCC(N)C#N)c(C(C)(C)C)c1. The van der Waals surface area contributed by atoms with Crippen LogP contribution in [0.1, 0.15) is 38.3 Å². The van der Waals surface area contributed by atoms with Gasteiger partial charge in [-0.25, -0.2) is 0 Å². The lowest BCUT2D eigenvalue weighted by Crippen LogP contribution is -2.21. The maximum atomic E-state index is 8.62. The Hall–Kier alpha value is -1.53. The van der Waals surface area contributed by atoms with E-state index in [-0.39, 0.29) is 5.41 Å². The highest BCUT2D eigenvalue weighted by Gasteiger charge is 2.19.